The van der Waals surface area contributed by atoms with Crippen LogP contribution in [0.4, 0.5) is 0 Å². The van der Waals surface area contributed by atoms with Gasteiger partial charge in [-0.1, -0.05) is 49.4 Å². The van der Waals surface area contributed by atoms with E-state index in [4.69, 9.17) is 4.74 Å². The second kappa shape index (κ2) is 6.95. The van der Waals surface area contributed by atoms with Crippen LogP contribution in [0, 0.1) is 0 Å². The molecule has 2 aromatic rings. The summed E-state index contributed by atoms with van der Waals surface area (Å²) in [5.74, 6) is 0.909. The van der Waals surface area contributed by atoms with E-state index in [2.05, 4.69) is 54.7 Å². The second-order valence-electron chi connectivity index (χ2n) is 4.60. The minimum absolute atomic E-state index is 0.396. The van der Waals surface area contributed by atoms with Crippen LogP contribution in [0.25, 0.3) is 0 Å². The van der Waals surface area contributed by atoms with Gasteiger partial charge in [-0.3, -0.25) is 0 Å². The van der Waals surface area contributed by atoms with Gasteiger partial charge in [0.15, 0.2) is 0 Å². The van der Waals surface area contributed by atoms with Gasteiger partial charge in [0, 0.05) is 12.6 Å². The molecule has 0 aliphatic heterocycles. The predicted octanol–water partition coefficient (Wildman–Crippen LogP) is 3.94. The maximum Gasteiger partial charge on any atom is 0.119 e. The lowest BCUT2D eigenvalue weighted by Gasteiger charge is -2.17. The minimum atomic E-state index is 0.396. The number of methoxy groups -OCH3 is 1. The van der Waals surface area contributed by atoms with Crippen molar-refractivity contribution in [1.29, 1.82) is 0 Å². The molecule has 19 heavy (non-hydrogen) atoms. The van der Waals surface area contributed by atoms with Crippen molar-refractivity contribution in [2.45, 2.75) is 25.9 Å². The molecule has 2 nitrogen and oxygen atoms in total. The average molecular weight is 255 g/mol. The molecule has 2 rings (SSSR count). The van der Waals surface area contributed by atoms with Crippen LogP contribution in [-0.4, -0.2) is 7.11 Å². The largest absolute Gasteiger partial charge is 0.497 e. The molecule has 2 aromatic carbocycles. The van der Waals surface area contributed by atoms with Gasteiger partial charge < -0.3 is 10.1 Å². The Bertz CT molecular complexity index is 496. The summed E-state index contributed by atoms with van der Waals surface area (Å²) in [6, 6.07) is 19.2. The predicted molar refractivity (Wildman–Crippen MR) is 79.3 cm³/mol. The molecule has 0 radical (unpaired) electrons. The summed E-state index contributed by atoms with van der Waals surface area (Å²) >= 11 is 0. The van der Waals surface area contributed by atoms with Crippen LogP contribution in [-0.2, 0) is 6.54 Å². The van der Waals surface area contributed by atoms with Gasteiger partial charge in [0.25, 0.3) is 0 Å². The highest BCUT2D eigenvalue weighted by atomic mass is 16.5. The van der Waals surface area contributed by atoms with Crippen molar-refractivity contribution in [2.24, 2.45) is 0 Å². The molecule has 1 unspecified atom stereocenters. The van der Waals surface area contributed by atoms with Crippen molar-refractivity contribution in [3.8, 4) is 5.75 Å². The summed E-state index contributed by atoms with van der Waals surface area (Å²) in [7, 11) is 1.70. The molecule has 2 heteroatoms. The average Bonchev–Trinajstić information content (AvgIpc) is 2.49. The number of hydrogen-bond acceptors (Lipinski definition) is 2. The number of nitrogens with one attached hydrogen (secondary N) is 1. The first-order valence-electron chi connectivity index (χ1n) is 6.74. The van der Waals surface area contributed by atoms with E-state index in [1.165, 1.54) is 11.1 Å². The summed E-state index contributed by atoms with van der Waals surface area (Å²) in [6.45, 7) is 3.06. The van der Waals surface area contributed by atoms with Crippen LogP contribution in [0.1, 0.15) is 30.5 Å². The Hall–Kier alpha value is -1.80. The quantitative estimate of drug-likeness (QED) is 0.844. The summed E-state index contributed by atoms with van der Waals surface area (Å²) in [4.78, 5) is 0. The van der Waals surface area contributed by atoms with Crippen LogP contribution in [0.5, 0.6) is 5.75 Å². The fraction of sp³-hybridized carbons (Fsp3) is 0.294. The smallest absolute Gasteiger partial charge is 0.119 e. The van der Waals surface area contributed by atoms with Crippen molar-refractivity contribution in [1.82, 2.24) is 5.32 Å². The van der Waals surface area contributed by atoms with Crippen LogP contribution in [0.15, 0.2) is 54.6 Å². The molecule has 0 aromatic heterocycles. The molecule has 0 amide bonds. The van der Waals surface area contributed by atoms with Crippen molar-refractivity contribution < 1.29 is 4.74 Å². The highest BCUT2D eigenvalue weighted by Gasteiger charge is 2.07. The zero-order chi connectivity index (χ0) is 13.5. The molecule has 0 aliphatic rings. The molecule has 0 fully saturated rings. The van der Waals surface area contributed by atoms with Crippen LogP contribution in [0.2, 0.25) is 0 Å². The fourth-order valence-electron chi connectivity index (χ4n) is 2.21. The molecule has 0 heterocycles. The van der Waals surface area contributed by atoms with Gasteiger partial charge in [0.05, 0.1) is 7.11 Å². The normalized spacial score (nSPS) is 12.1. The van der Waals surface area contributed by atoms with Gasteiger partial charge in [0.2, 0.25) is 0 Å². The highest BCUT2D eigenvalue weighted by Crippen LogP contribution is 2.18. The minimum Gasteiger partial charge on any atom is -0.497 e. The van der Waals surface area contributed by atoms with E-state index in [-0.39, 0.29) is 0 Å². The lowest BCUT2D eigenvalue weighted by atomic mass is 10.0. The summed E-state index contributed by atoms with van der Waals surface area (Å²) in [5, 5.41) is 3.60. The molecule has 0 saturated heterocycles. The third-order valence-corrected chi connectivity index (χ3v) is 3.30. The summed E-state index contributed by atoms with van der Waals surface area (Å²) in [5.41, 5.74) is 2.58. The van der Waals surface area contributed by atoms with E-state index >= 15 is 0 Å². The summed E-state index contributed by atoms with van der Waals surface area (Å²) < 4.78 is 5.24. The van der Waals surface area contributed by atoms with Gasteiger partial charge in [0.1, 0.15) is 5.75 Å². The van der Waals surface area contributed by atoms with Gasteiger partial charge in [-0.25, -0.2) is 0 Å². The van der Waals surface area contributed by atoms with Gasteiger partial charge in [-0.15, -0.1) is 0 Å². The van der Waals surface area contributed by atoms with E-state index in [9.17, 15) is 0 Å². The second-order valence-corrected chi connectivity index (χ2v) is 4.60. The standard InChI is InChI=1S/C17H21NO/c1-3-17(15-9-5-4-6-10-15)18-13-14-8-7-11-16(12-14)19-2/h4-12,17-18H,3,13H2,1-2H3. The molecular weight excluding hydrogens is 234 g/mol. The SMILES string of the molecule is CCC(NCc1cccc(OC)c1)c1ccccc1. The van der Waals surface area contributed by atoms with Crippen molar-refractivity contribution in [3.63, 3.8) is 0 Å². The number of benzene rings is 2. The lowest BCUT2D eigenvalue weighted by Crippen LogP contribution is -2.20. The molecule has 1 N–H and O–H groups in total. The van der Waals surface area contributed by atoms with Crippen molar-refractivity contribution in [2.75, 3.05) is 7.11 Å². The monoisotopic (exact) mass is 255 g/mol. The lowest BCUT2D eigenvalue weighted by molar-refractivity contribution is 0.413. The van der Waals surface area contributed by atoms with E-state index in [0.717, 1.165) is 18.7 Å². The highest BCUT2D eigenvalue weighted by molar-refractivity contribution is 5.28. The molecule has 100 valence electrons. The number of rotatable bonds is 6. The van der Waals surface area contributed by atoms with E-state index in [0.29, 0.717) is 6.04 Å². The van der Waals surface area contributed by atoms with Crippen molar-refractivity contribution in [3.05, 3.63) is 65.7 Å². The van der Waals surface area contributed by atoms with Crippen LogP contribution in [0.3, 0.4) is 0 Å². The first kappa shape index (κ1) is 13.6. The van der Waals surface area contributed by atoms with Crippen LogP contribution >= 0.6 is 0 Å². The Morgan fingerprint density at radius 2 is 1.84 bits per heavy atom. The third-order valence-electron chi connectivity index (χ3n) is 3.30. The molecule has 0 bridgehead atoms. The Labute approximate surface area is 115 Å². The van der Waals surface area contributed by atoms with Gasteiger partial charge >= 0.3 is 0 Å². The first-order chi connectivity index (χ1) is 9.33. The van der Waals surface area contributed by atoms with Crippen LogP contribution < -0.4 is 10.1 Å². The van der Waals surface area contributed by atoms with Crippen molar-refractivity contribution >= 4 is 0 Å². The molecule has 0 spiro atoms. The maximum atomic E-state index is 5.24. The Morgan fingerprint density at radius 1 is 1.05 bits per heavy atom. The van der Waals surface area contributed by atoms with E-state index < -0.39 is 0 Å². The molecule has 1 atom stereocenters. The van der Waals surface area contributed by atoms with E-state index in [1.54, 1.807) is 7.11 Å². The molecular formula is C17H21NO. The first-order valence-corrected chi connectivity index (χ1v) is 6.74. The fourth-order valence-corrected chi connectivity index (χ4v) is 2.21. The summed E-state index contributed by atoms with van der Waals surface area (Å²) in [6.07, 6.45) is 1.08. The van der Waals surface area contributed by atoms with Gasteiger partial charge in [-0.2, -0.15) is 0 Å². The molecule has 0 aliphatic carbocycles. The van der Waals surface area contributed by atoms with E-state index in [1.807, 2.05) is 12.1 Å². The van der Waals surface area contributed by atoms with Gasteiger partial charge in [-0.05, 0) is 29.7 Å². The number of hydrogen-bond donors (Lipinski definition) is 1. The topological polar surface area (TPSA) is 21.3 Å². The Morgan fingerprint density at radius 3 is 2.53 bits per heavy atom. The molecule has 0 saturated carbocycles. The Kier molecular flexibility index (Phi) is 4.99. The Balaban J connectivity index is 2.00. The number of ether oxygens (including phenoxy) is 1. The third kappa shape index (κ3) is 3.83. The zero-order valence-corrected chi connectivity index (χ0v) is 11.6. The zero-order valence-electron chi connectivity index (χ0n) is 11.6. The maximum absolute atomic E-state index is 5.24.